The maximum Gasteiger partial charge on any atom is 0.201 e. The first-order chi connectivity index (χ1) is 15.0. The molecule has 0 unspecified atom stereocenters. The SMILES string of the molecule is CCCCCCOc1ccc(-c2ccc(CCc3ccc(C)cc3F)cc2)c(F)c1F. The largest absolute Gasteiger partial charge is 0.490 e. The Morgan fingerprint density at radius 2 is 1.55 bits per heavy atom. The van der Waals surface area contributed by atoms with E-state index in [2.05, 4.69) is 6.92 Å². The van der Waals surface area contributed by atoms with Gasteiger partial charge in [-0.3, -0.25) is 0 Å². The van der Waals surface area contributed by atoms with E-state index in [-0.39, 0.29) is 17.1 Å². The summed E-state index contributed by atoms with van der Waals surface area (Å²) in [6.45, 7) is 4.36. The van der Waals surface area contributed by atoms with Crippen molar-refractivity contribution in [2.24, 2.45) is 0 Å². The lowest BCUT2D eigenvalue weighted by atomic mass is 9.99. The maximum atomic E-state index is 14.6. The van der Waals surface area contributed by atoms with Crippen molar-refractivity contribution in [2.75, 3.05) is 6.61 Å². The topological polar surface area (TPSA) is 9.23 Å². The van der Waals surface area contributed by atoms with Gasteiger partial charge in [0.15, 0.2) is 11.6 Å². The zero-order valence-electron chi connectivity index (χ0n) is 18.2. The second-order valence-corrected chi connectivity index (χ2v) is 7.94. The fourth-order valence-corrected chi connectivity index (χ4v) is 3.56. The summed E-state index contributed by atoms with van der Waals surface area (Å²) < 4.78 is 48.5. The quantitative estimate of drug-likeness (QED) is 0.300. The molecule has 0 spiro atoms. The third-order valence-corrected chi connectivity index (χ3v) is 5.46. The fraction of sp³-hybridized carbons (Fsp3) is 0.333. The Hall–Kier alpha value is -2.75. The Morgan fingerprint density at radius 3 is 2.26 bits per heavy atom. The van der Waals surface area contributed by atoms with Crippen LogP contribution < -0.4 is 4.74 Å². The average Bonchev–Trinajstić information content (AvgIpc) is 2.76. The highest BCUT2D eigenvalue weighted by molar-refractivity contribution is 5.65. The van der Waals surface area contributed by atoms with Gasteiger partial charge in [-0.2, -0.15) is 4.39 Å². The molecule has 0 aliphatic carbocycles. The van der Waals surface area contributed by atoms with Crippen LogP contribution in [0.2, 0.25) is 0 Å². The molecule has 3 aromatic rings. The first-order valence-corrected chi connectivity index (χ1v) is 10.9. The molecule has 0 aliphatic heterocycles. The lowest BCUT2D eigenvalue weighted by Crippen LogP contribution is -2.01. The number of aryl methyl sites for hydroxylation is 3. The number of unbranched alkanes of at least 4 members (excludes halogenated alkanes) is 3. The molecule has 0 aromatic heterocycles. The van der Waals surface area contributed by atoms with Crippen LogP contribution in [0.4, 0.5) is 13.2 Å². The molecular weight excluding hydrogens is 397 g/mol. The van der Waals surface area contributed by atoms with Gasteiger partial charge >= 0.3 is 0 Å². The summed E-state index contributed by atoms with van der Waals surface area (Å²) in [7, 11) is 0. The van der Waals surface area contributed by atoms with E-state index in [1.54, 1.807) is 18.2 Å². The second-order valence-electron chi connectivity index (χ2n) is 7.94. The molecule has 0 aliphatic rings. The molecule has 0 saturated heterocycles. The van der Waals surface area contributed by atoms with E-state index in [1.807, 2.05) is 31.2 Å². The normalized spacial score (nSPS) is 11.0. The minimum atomic E-state index is -0.952. The summed E-state index contributed by atoms with van der Waals surface area (Å²) in [5.41, 5.74) is 3.38. The third kappa shape index (κ3) is 6.13. The fourth-order valence-electron chi connectivity index (χ4n) is 3.56. The van der Waals surface area contributed by atoms with Crippen LogP contribution >= 0.6 is 0 Å². The van der Waals surface area contributed by atoms with Crippen LogP contribution in [-0.2, 0) is 12.8 Å². The van der Waals surface area contributed by atoms with Crippen LogP contribution in [0.3, 0.4) is 0 Å². The van der Waals surface area contributed by atoms with E-state index in [0.29, 0.717) is 30.6 Å². The molecule has 0 saturated carbocycles. The highest BCUT2D eigenvalue weighted by Gasteiger charge is 2.16. The second kappa shape index (κ2) is 11.0. The number of hydrogen-bond donors (Lipinski definition) is 0. The van der Waals surface area contributed by atoms with Gasteiger partial charge in [-0.25, -0.2) is 8.78 Å². The Kier molecular flexibility index (Phi) is 8.16. The van der Waals surface area contributed by atoms with Crippen LogP contribution in [0.5, 0.6) is 5.75 Å². The molecule has 0 amide bonds. The van der Waals surface area contributed by atoms with Gasteiger partial charge in [0.05, 0.1) is 6.61 Å². The van der Waals surface area contributed by atoms with Crippen molar-refractivity contribution < 1.29 is 17.9 Å². The van der Waals surface area contributed by atoms with Crippen molar-refractivity contribution in [3.63, 3.8) is 0 Å². The van der Waals surface area contributed by atoms with Gasteiger partial charge in [-0.1, -0.05) is 62.6 Å². The summed E-state index contributed by atoms with van der Waals surface area (Å²) in [5, 5.41) is 0. The van der Waals surface area contributed by atoms with Crippen molar-refractivity contribution in [1.29, 1.82) is 0 Å². The molecule has 4 heteroatoms. The van der Waals surface area contributed by atoms with Gasteiger partial charge in [0.1, 0.15) is 5.82 Å². The summed E-state index contributed by atoms with van der Waals surface area (Å²) in [5.74, 6) is -2.09. The van der Waals surface area contributed by atoms with Crippen LogP contribution in [-0.4, -0.2) is 6.61 Å². The molecule has 1 nitrogen and oxygen atoms in total. The molecule has 0 N–H and O–H groups in total. The van der Waals surface area contributed by atoms with Gasteiger partial charge in [0.2, 0.25) is 5.82 Å². The van der Waals surface area contributed by atoms with Gasteiger partial charge in [0, 0.05) is 5.56 Å². The van der Waals surface area contributed by atoms with E-state index in [9.17, 15) is 13.2 Å². The lowest BCUT2D eigenvalue weighted by molar-refractivity contribution is 0.285. The van der Waals surface area contributed by atoms with Crippen molar-refractivity contribution in [3.8, 4) is 16.9 Å². The number of ether oxygens (including phenoxy) is 1. The standard InChI is InChI=1S/C27H29F3O/c1-3-4-5-6-17-31-25-16-15-23(26(29)27(25)30)21-12-8-20(9-13-21)10-14-22-11-7-19(2)18-24(22)28/h7-9,11-13,15-16,18H,3-6,10,14,17H2,1-2H3. The molecule has 3 aromatic carbocycles. The minimum Gasteiger partial charge on any atom is -0.490 e. The van der Waals surface area contributed by atoms with Gasteiger partial charge in [-0.05, 0) is 66.6 Å². The zero-order valence-corrected chi connectivity index (χ0v) is 18.2. The molecule has 31 heavy (non-hydrogen) atoms. The van der Waals surface area contributed by atoms with Crippen molar-refractivity contribution >= 4 is 0 Å². The average molecular weight is 427 g/mol. The molecule has 164 valence electrons. The minimum absolute atomic E-state index is 0.0468. The molecule has 0 bridgehead atoms. The first-order valence-electron chi connectivity index (χ1n) is 10.9. The summed E-state index contributed by atoms with van der Waals surface area (Å²) in [4.78, 5) is 0. The maximum absolute atomic E-state index is 14.6. The van der Waals surface area contributed by atoms with Gasteiger partial charge < -0.3 is 4.74 Å². The number of rotatable bonds is 10. The highest BCUT2D eigenvalue weighted by Crippen LogP contribution is 2.30. The van der Waals surface area contributed by atoms with Crippen LogP contribution in [0.1, 0.15) is 49.3 Å². The monoisotopic (exact) mass is 426 g/mol. The van der Waals surface area contributed by atoms with Crippen LogP contribution in [0.15, 0.2) is 54.6 Å². The highest BCUT2D eigenvalue weighted by atomic mass is 19.2. The number of hydrogen-bond acceptors (Lipinski definition) is 1. The van der Waals surface area contributed by atoms with E-state index in [4.69, 9.17) is 4.74 Å². The Morgan fingerprint density at radius 1 is 0.774 bits per heavy atom. The first kappa shape index (κ1) is 22.9. The van der Waals surface area contributed by atoms with Crippen LogP contribution in [0, 0.1) is 24.4 Å². The van der Waals surface area contributed by atoms with E-state index in [0.717, 1.165) is 36.8 Å². The molecule has 3 rings (SSSR count). The van der Waals surface area contributed by atoms with Crippen LogP contribution in [0.25, 0.3) is 11.1 Å². The van der Waals surface area contributed by atoms with E-state index in [1.165, 1.54) is 12.1 Å². The lowest BCUT2D eigenvalue weighted by Gasteiger charge is -2.11. The molecule has 0 atom stereocenters. The number of benzene rings is 3. The Balaban J connectivity index is 1.64. The zero-order chi connectivity index (χ0) is 22.2. The van der Waals surface area contributed by atoms with Crippen molar-refractivity contribution in [1.82, 2.24) is 0 Å². The molecule has 0 radical (unpaired) electrons. The molecular formula is C27H29F3O. The predicted molar refractivity (Wildman–Crippen MR) is 120 cm³/mol. The van der Waals surface area contributed by atoms with E-state index >= 15 is 0 Å². The smallest absolute Gasteiger partial charge is 0.201 e. The summed E-state index contributed by atoms with van der Waals surface area (Å²) in [6, 6.07) is 15.6. The van der Waals surface area contributed by atoms with Gasteiger partial charge in [-0.15, -0.1) is 0 Å². The molecule has 0 fully saturated rings. The Bertz CT molecular complexity index is 996. The van der Waals surface area contributed by atoms with E-state index < -0.39 is 11.6 Å². The summed E-state index contributed by atoms with van der Waals surface area (Å²) >= 11 is 0. The molecule has 0 heterocycles. The van der Waals surface area contributed by atoms with Crippen molar-refractivity contribution in [3.05, 3.63) is 88.7 Å². The Labute approximate surface area is 182 Å². The van der Waals surface area contributed by atoms with Crippen molar-refractivity contribution in [2.45, 2.75) is 52.4 Å². The third-order valence-electron chi connectivity index (χ3n) is 5.46. The summed E-state index contributed by atoms with van der Waals surface area (Å²) in [6.07, 6.45) is 5.31. The number of halogens is 3. The predicted octanol–water partition coefficient (Wildman–Crippen LogP) is 7.82. The van der Waals surface area contributed by atoms with Gasteiger partial charge in [0.25, 0.3) is 0 Å².